The first-order valence-electron chi connectivity index (χ1n) is 5.16. The van der Waals surface area contributed by atoms with E-state index in [2.05, 4.69) is 5.32 Å². The van der Waals surface area contributed by atoms with Crippen LogP contribution in [0.5, 0.6) is 5.75 Å². The number of nitrogen functional groups attached to an aromatic ring is 1. The molecule has 0 aromatic heterocycles. The van der Waals surface area contributed by atoms with Crippen molar-refractivity contribution in [3.8, 4) is 5.75 Å². The van der Waals surface area contributed by atoms with Crippen LogP contribution in [0.2, 0.25) is 0 Å². The van der Waals surface area contributed by atoms with Crippen LogP contribution >= 0.6 is 0 Å². The van der Waals surface area contributed by atoms with Gasteiger partial charge >= 0.3 is 0 Å². The van der Waals surface area contributed by atoms with Crippen LogP contribution in [-0.4, -0.2) is 25.2 Å². The fourth-order valence-corrected chi connectivity index (χ4v) is 1.53. The van der Waals surface area contributed by atoms with Gasteiger partial charge in [0.25, 0.3) is 5.91 Å². The van der Waals surface area contributed by atoms with Crippen LogP contribution in [0, 0.1) is 0 Å². The van der Waals surface area contributed by atoms with Crippen LogP contribution < -0.4 is 15.8 Å². The zero-order valence-electron chi connectivity index (χ0n) is 9.03. The van der Waals surface area contributed by atoms with Gasteiger partial charge in [0.2, 0.25) is 6.10 Å². The van der Waals surface area contributed by atoms with Gasteiger partial charge in [-0.05, 0) is 19.1 Å². The lowest BCUT2D eigenvalue weighted by atomic mass is 10.2. The molecule has 1 aromatic carbocycles. The van der Waals surface area contributed by atoms with Crippen LogP contribution in [0.4, 0.5) is 11.4 Å². The Bertz CT molecular complexity index is 406. The van der Waals surface area contributed by atoms with Crippen molar-refractivity contribution in [1.82, 2.24) is 0 Å². The van der Waals surface area contributed by atoms with Gasteiger partial charge in [-0.2, -0.15) is 0 Å². The summed E-state index contributed by atoms with van der Waals surface area (Å²) in [5.74, 6) is 0.318. The average Bonchev–Trinajstić information content (AvgIpc) is 2.27. The molecule has 0 fully saturated rings. The van der Waals surface area contributed by atoms with E-state index in [9.17, 15) is 4.79 Å². The highest BCUT2D eigenvalue weighted by Gasteiger charge is 2.28. The Balaban J connectivity index is 2.20. The maximum absolute atomic E-state index is 11.6. The quantitative estimate of drug-likeness (QED) is 0.748. The third-order valence-corrected chi connectivity index (χ3v) is 2.33. The topological polar surface area (TPSA) is 73.6 Å². The molecule has 5 nitrogen and oxygen atoms in total. The highest BCUT2D eigenvalue weighted by atomic mass is 16.5. The molecule has 0 aliphatic carbocycles. The summed E-state index contributed by atoms with van der Waals surface area (Å²) in [6.07, 6.45) is -0.628. The summed E-state index contributed by atoms with van der Waals surface area (Å²) in [5, 5.41) is 2.74. The zero-order valence-corrected chi connectivity index (χ0v) is 9.03. The van der Waals surface area contributed by atoms with E-state index < -0.39 is 6.10 Å². The molecule has 16 heavy (non-hydrogen) atoms. The van der Waals surface area contributed by atoms with Crippen molar-refractivity contribution in [2.75, 3.05) is 24.3 Å². The number of hydrogen-bond acceptors (Lipinski definition) is 4. The lowest BCUT2D eigenvalue weighted by Crippen LogP contribution is -2.40. The van der Waals surface area contributed by atoms with Gasteiger partial charge in [-0.3, -0.25) is 4.79 Å². The second-order valence-corrected chi connectivity index (χ2v) is 3.48. The Morgan fingerprint density at radius 1 is 1.56 bits per heavy atom. The van der Waals surface area contributed by atoms with E-state index in [1.54, 1.807) is 18.2 Å². The summed E-state index contributed by atoms with van der Waals surface area (Å²) < 4.78 is 10.7. The second kappa shape index (κ2) is 4.40. The van der Waals surface area contributed by atoms with Gasteiger partial charge in [0, 0.05) is 6.61 Å². The number of para-hydroxylation sites is 1. The molecule has 1 atom stereocenters. The lowest BCUT2D eigenvalue weighted by Gasteiger charge is -2.26. The predicted octanol–water partition coefficient (Wildman–Crippen LogP) is 1.00. The molecule has 5 heteroatoms. The maximum Gasteiger partial charge on any atom is 0.268 e. The van der Waals surface area contributed by atoms with Crippen LogP contribution in [0.1, 0.15) is 6.92 Å². The molecule has 1 unspecified atom stereocenters. The molecule has 0 radical (unpaired) electrons. The van der Waals surface area contributed by atoms with E-state index in [1.165, 1.54) is 0 Å². The summed E-state index contributed by atoms with van der Waals surface area (Å²) in [7, 11) is 0. The molecule has 1 aliphatic rings. The van der Waals surface area contributed by atoms with Crippen LogP contribution in [0.25, 0.3) is 0 Å². The highest BCUT2D eigenvalue weighted by molar-refractivity contribution is 5.99. The SMILES string of the molecule is CCOCC1Oc2c(N)cccc2NC1=O. The minimum atomic E-state index is -0.628. The first-order valence-corrected chi connectivity index (χ1v) is 5.16. The van der Waals surface area contributed by atoms with Crippen molar-refractivity contribution in [2.24, 2.45) is 0 Å². The van der Waals surface area contributed by atoms with Gasteiger partial charge in [-0.25, -0.2) is 0 Å². The van der Waals surface area contributed by atoms with Crippen LogP contribution in [0.3, 0.4) is 0 Å². The molecule has 0 saturated carbocycles. The van der Waals surface area contributed by atoms with Crippen molar-refractivity contribution < 1.29 is 14.3 Å². The van der Waals surface area contributed by atoms with Crippen molar-refractivity contribution in [2.45, 2.75) is 13.0 Å². The fraction of sp³-hybridized carbons (Fsp3) is 0.364. The number of rotatable bonds is 3. The maximum atomic E-state index is 11.6. The average molecular weight is 222 g/mol. The Morgan fingerprint density at radius 2 is 2.38 bits per heavy atom. The van der Waals surface area contributed by atoms with Gasteiger partial charge in [0.1, 0.15) is 0 Å². The van der Waals surface area contributed by atoms with Gasteiger partial charge in [-0.1, -0.05) is 6.07 Å². The van der Waals surface area contributed by atoms with Crippen molar-refractivity contribution in [3.05, 3.63) is 18.2 Å². The first kappa shape index (κ1) is 10.8. The highest BCUT2D eigenvalue weighted by Crippen LogP contribution is 2.34. The summed E-state index contributed by atoms with van der Waals surface area (Å²) in [6.45, 7) is 2.64. The summed E-state index contributed by atoms with van der Waals surface area (Å²) >= 11 is 0. The number of carbonyl (C=O) groups excluding carboxylic acids is 1. The van der Waals surface area contributed by atoms with Gasteiger partial charge < -0.3 is 20.5 Å². The largest absolute Gasteiger partial charge is 0.474 e. The third kappa shape index (κ3) is 1.94. The Labute approximate surface area is 93.5 Å². The van der Waals surface area contributed by atoms with E-state index in [0.29, 0.717) is 23.7 Å². The number of nitrogens with one attached hydrogen (secondary N) is 1. The monoisotopic (exact) mass is 222 g/mol. The number of benzene rings is 1. The molecule has 0 bridgehead atoms. The normalized spacial score (nSPS) is 18.6. The molecule has 0 saturated heterocycles. The number of nitrogens with two attached hydrogens (primary N) is 1. The summed E-state index contributed by atoms with van der Waals surface area (Å²) in [4.78, 5) is 11.6. The van der Waals surface area contributed by atoms with Crippen molar-refractivity contribution in [1.29, 1.82) is 0 Å². The molecule has 1 heterocycles. The first-order chi connectivity index (χ1) is 7.72. The van der Waals surface area contributed by atoms with Gasteiger partial charge in [-0.15, -0.1) is 0 Å². The molecule has 1 aromatic rings. The second-order valence-electron chi connectivity index (χ2n) is 3.48. The predicted molar refractivity (Wildman–Crippen MR) is 60.4 cm³/mol. The molecular weight excluding hydrogens is 208 g/mol. The van der Waals surface area contributed by atoms with Crippen LogP contribution in [-0.2, 0) is 9.53 Å². The van der Waals surface area contributed by atoms with E-state index >= 15 is 0 Å². The van der Waals surface area contributed by atoms with E-state index in [-0.39, 0.29) is 12.5 Å². The molecule has 0 spiro atoms. The number of fused-ring (bicyclic) bond motifs is 1. The Morgan fingerprint density at radius 3 is 3.12 bits per heavy atom. The van der Waals surface area contributed by atoms with E-state index in [0.717, 1.165) is 0 Å². The summed E-state index contributed by atoms with van der Waals surface area (Å²) in [5.41, 5.74) is 6.88. The molecule has 1 amide bonds. The molecular formula is C11H14N2O3. The van der Waals surface area contributed by atoms with Gasteiger partial charge in [0.15, 0.2) is 5.75 Å². The summed E-state index contributed by atoms with van der Waals surface area (Å²) in [6, 6.07) is 5.25. The Kier molecular flexibility index (Phi) is 2.96. The van der Waals surface area contributed by atoms with Gasteiger partial charge in [0.05, 0.1) is 18.0 Å². The van der Waals surface area contributed by atoms with E-state index in [4.69, 9.17) is 15.2 Å². The molecule has 1 aliphatic heterocycles. The smallest absolute Gasteiger partial charge is 0.268 e. The number of ether oxygens (including phenoxy) is 2. The van der Waals surface area contributed by atoms with Crippen molar-refractivity contribution in [3.63, 3.8) is 0 Å². The Hall–Kier alpha value is -1.75. The zero-order chi connectivity index (χ0) is 11.5. The third-order valence-electron chi connectivity index (χ3n) is 2.33. The lowest BCUT2D eigenvalue weighted by molar-refractivity contribution is -0.126. The molecule has 2 rings (SSSR count). The number of amides is 1. The minimum absolute atomic E-state index is 0.202. The van der Waals surface area contributed by atoms with Crippen LogP contribution in [0.15, 0.2) is 18.2 Å². The standard InChI is InChI=1S/C11H14N2O3/c1-2-15-6-9-11(14)13-8-5-3-4-7(12)10(8)16-9/h3-5,9H,2,6,12H2,1H3,(H,13,14). The molecule has 86 valence electrons. The minimum Gasteiger partial charge on any atom is -0.474 e. The number of anilines is 2. The fourth-order valence-electron chi connectivity index (χ4n) is 1.53. The van der Waals surface area contributed by atoms with E-state index in [1.807, 2.05) is 6.92 Å². The van der Waals surface area contributed by atoms with Crippen molar-refractivity contribution >= 4 is 17.3 Å². The molecule has 3 N–H and O–H groups in total. The number of hydrogen-bond donors (Lipinski definition) is 2. The number of carbonyl (C=O) groups is 1.